The Labute approximate surface area is 144 Å². The Bertz CT molecular complexity index is 869. The molecule has 0 radical (unpaired) electrons. The summed E-state index contributed by atoms with van der Waals surface area (Å²) in [4.78, 5) is 15.5. The van der Waals surface area contributed by atoms with Crippen molar-refractivity contribution in [2.75, 3.05) is 0 Å². The number of aromatic nitrogens is 1. The van der Waals surface area contributed by atoms with Gasteiger partial charge in [0.15, 0.2) is 0 Å². The molecule has 2 aromatic carbocycles. The number of rotatable bonds is 5. The van der Waals surface area contributed by atoms with Gasteiger partial charge >= 0.3 is 5.97 Å². The average molecular weight is 339 g/mol. The number of carboxylic acid groups (broad SMARTS) is 1. The normalized spacial score (nSPS) is 10.6. The number of hydrogen-bond donors (Lipinski definition) is 1. The van der Waals surface area contributed by atoms with Crippen molar-refractivity contribution >= 4 is 17.3 Å². The third kappa shape index (κ3) is 3.63. The fourth-order valence-corrected chi connectivity index (χ4v) is 3.15. The van der Waals surface area contributed by atoms with Crippen molar-refractivity contribution in [2.45, 2.75) is 20.5 Å². The van der Waals surface area contributed by atoms with E-state index >= 15 is 0 Å². The van der Waals surface area contributed by atoms with Crippen LogP contribution < -0.4 is 4.74 Å². The number of carbonyl (C=O) groups is 1. The maximum absolute atomic E-state index is 10.8. The first-order valence-electron chi connectivity index (χ1n) is 7.51. The topological polar surface area (TPSA) is 59.4 Å². The number of ether oxygens (including phenoxy) is 1. The van der Waals surface area contributed by atoms with Gasteiger partial charge in [0.1, 0.15) is 17.4 Å². The molecule has 0 atom stereocenters. The van der Waals surface area contributed by atoms with Crippen LogP contribution in [-0.4, -0.2) is 16.1 Å². The molecule has 0 fully saturated rings. The van der Waals surface area contributed by atoms with Gasteiger partial charge in [0.2, 0.25) is 0 Å². The zero-order valence-electron chi connectivity index (χ0n) is 13.4. The Kier molecular flexibility index (Phi) is 4.62. The minimum absolute atomic E-state index is 0.244. The molecule has 0 aliphatic heterocycles. The van der Waals surface area contributed by atoms with Crippen LogP contribution in [0.3, 0.4) is 0 Å². The summed E-state index contributed by atoms with van der Waals surface area (Å²) in [5.74, 6) is -0.317. The van der Waals surface area contributed by atoms with E-state index in [0.717, 1.165) is 16.3 Å². The molecule has 1 aromatic heterocycles. The Hall–Kier alpha value is -2.66. The van der Waals surface area contributed by atoms with Crippen LogP contribution in [0.5, 0.6) is 5.75 Å². The summed E-state index contributed by atoms with van der Waals surface area (Å²) in [5, 5.41) is 11.8. The number of nitrogens with zero attached hydrogens (tertiary/aromatic N) is 1. The Balaban J connectivity index is 1.69. The second kappa shape index (κ2) is 6.84. The van der Waals surface area contributed by atoms with Crippen LogP contribution in [0.15, 0.2) is 47.8 Å². The van der Waals surface area contributed by atoms with E-state index in [9.17, 15) is 4.79 Å². The molecule has 3 aromatic rings. The van der Waals surface area contributed by atoms with E-state index in [1.807, 2.05) is 5.38 Å². The lowest BCUT2D eigenvalue weighted by Gasteiger charge is -2.05. The van der Waals surface area contributed by atoms with Gasteiger partial charge in [-0.2, -0.15) is 0 Å². The Morgan fingerprint density at radius 3 is 2.58 bits per heavy atom. The summed E-state index contributed by atoms with van der Waals surface area (Å²) < 4.78 is 5.68. The van der Waals surface area contributed by atoms with Gasteiger partial charge in [-0.3, -0.25) is 0 Å². The van der Waals surface area contributed by atoms with Crippen molar-refractivity contribution in [2.24, 2.45) is 0 Å². The summed E-state index contributed by atoms with van der Waals surface area (Å²) in [6, 6.07) is 12.7. The van der Waals surface area contributed by atoms with E-state index < -0.39 is 5.97 Å². The quantitative estimate of drug-likeness (QED) is 0.732. The first-order chi connectivity index (χ1) is 11.5. The predicted octanol–water partition coefficient (Wildman–Crippen LogP) is 4.70. The molecule has 0 aliphatic carbocycles. The van der Waals surface area contributed by atoms with E-state index in [1.54, 1.807) is 23.5 Å². The highest BCUT2D eigenvalue weighted by atomic mass is 32.1. The van der Waals surface area contributed by atoms with Crippen LogP contribution >= 0.6 is 11.3 Å². The first-order valence-corrected chi connectivity index (χ1v) is 8.39. The number of thiazole rings is 1. The zero-order chi connectivity index (χ0) is 17.1. The van der Waals surface area contributed by atoms with Gasteiger partial charge in [-0.1, -0.05) is 23.8 Å². The van der Waals surface area contributed by atoms with E-state index in [-0.39, 0.29) is 5.56 Å². The van der Waals surface area contributed by atoms with Gasteiger partial charge in [0, 0.05) is 10.9 Å². The minimum Gasteiger partial charge on any atom is -0.486 e. The Morgan fingerprint density at radius 2 is 1.92 bits per heavy atom. The van der Waals surface area contributed by atoms with Crippen LogP contribution in [0, 0.1) is 13.8 Å². The molecule has 0 amide bonds. The number of aromatic carboxylic acids is 1. The molecule has 0 bridgehead atoms. The van der Waals surface area contributed by atoms with Crippen molar-refractivity contribution in [3.8, 4) is 17.0 Å². The fraction of sp³-hybridized carbons (Fsp3) is 0.158. The summed E-state index contributed by atoms with van der Waals surface area (Å²) in [5.41, 5.74) is 4.77. The molecule has 0 saturated heterocycles. The second-order valence-corrected chi connectivity index (χ2v) is 6.51. The summed E-state index contributed by atoms with van der Waals surface area (Å²) in [6.07, 6.45) is 0. The molecule has 1 heterocycles. The smallest absolute Gasteiger partial charge is 0.335 e. The third-order valence-electron chi connectivity index (χ3n) is 3.67. The monoisotopic (exact) mass is 339 g/mol. The number of hydrogen-bond acceptors (Lipinski definition) is 4. The maximum atomic E-state index is 10.8. The van der Waals surface area contributed by atoms with E-state index in [0.29, 0.717) is 12.4 Å². The molecule has 0 unspecified atom stereocenters. The molecular weight excluding hydrogens is 322 g/mol. The molecule has 0 saturated carbocycles. The lowest BCUT2D eigenvalue weighted by Crippen LogP contribution is -1.98. The van der Waals surface area contributed by atoms with Gasteiger partial charge < -0.3 is 9.84 Å². The fourth-order valence-electron chi connectivity index (χ4n) is 2.44. The van der Waals surface area contributed by atoms with E-state index in [4.69, 9.17) is 9.84 Å². The highest BCUT2D eigenvalue weighted by molar-refractivity contribution is 7.09. The van der Waals surface area contributed by atoms with Crippen molar-refractivity contribution < 1.29 is 14.6 Å². The summed E-state index contributed by atoms with van der Waals surface area (Å²) in [7, 11) is 0. The molecule has 3 rings (SSSR count). The van der Waals surface area contributed by atoms with Crippen LogP contribution in [0.4, 0.5) is 0 Å². The molecule has 4 nitrogen and oxygen atoms in total. The van der Waals surface area contributed by atoms with Crippen molar-refractivity contribution in [1.29, 1.82) is 0 Å². The molecule has 5 heteroatoms. The number of aryl methyl sites for hydroxylation is 2. The SMILES string of the molecule is Cc1ccc(-c2csc(COc3ccc(C(=O)O)cc3)n2)c(C)c1. The predicted molar refractivity (Wildman–Crippen MR) is 94.8 cm³/mol. The number of benzene rings is 2. The van der Waals surface area contributed by atoms with E-state index in [2.05, 4.69) is 37.0 Å². The minimum atomic E-state index is -0.945. The molecule has 122 valence electrons. The van der Waals surface area contributed by atoms with Gasteiger partial charge in [-0.05, 0) is 43.7 Å². The van der Waals surface area contributed by atoms with Gasteiger partial charge in [0.05, 0.1) is 11.3 Å². The highest BCUT2D eigenvalue weighted by Gasteiger charge is 2.08. The van der Waals surface area contributed by atoms with Gasteiger partial charge in [0.25, 0.3) is 0 Å². The average Bonchev–Trinajstić information content (AvgIpc) is 3.02. The summed E-state index contributed by atoms with van der Waals surface area (Å²) in [6.45, 7) is 4.52. The largest absolute Gasteiger partial charge is 0.486 e. The lowest BCUT2D eigenvalue weighted by molar-refractivity contribution is 0.0697. The third-order valence-corrected chi connectivity index (χ3v) is 4.50. The lowest BCUT2D eigenvalue weighted by atomic mass is 10.0. The van der Waals surface area contributed by atoms with Crippen LogP contribution in [0.1, 0.15) is 26.5 Å². The van der Waals surface area contributed by atoms with Crippen molar-refractivity contribution in [3.05, 3.63) is 69.5 Å². The maximum Gasteiger partial charge on any atom is 0.335 e. The van der Waals surface area contributed by atoms with Crippen LogP contribution in [0.2, 0.25) is 0 Å². The van der Waals surface area contributed by atoms with Crippen LogP contribution in [0.25, 0.3) is 11.3 Å². The van der Waals surface area contributed by atoms with Gasteiger partial charge in [-0.25, -0.2) is 9.78 Å². The highest BCUT2D eigenvalue weighted by Crippen LogP contribution is 2.26. The molecule has 0 aliphatic rings. The van der Waals surface area contributed by atoms with Crippen molar-refractivity contribution in [3.63, 3.8) is 0 Å². The molecule has 0 spiro atoms. The molecular formula is C19H17NO3S. The molecule has 24 heavy (non-hydrogen) atoms. The standard InChI is InChI=1S/C19H17NO3S/c1-12-3-8-16(13(2)9-12)17-11-24-18(20-17)10-23-15-6-4-14(5-7-15)19(21)22/h3-9,11H,10H2,1-2H3,(H,21,22). The zero-order valence-corrected chi connectivity index (χ0v) is 14.3. The number of carboxylic acids is 1. The molecule has 1 N–H and O–H groups in total. The second-order valence-electron chi connectivity index (χ2n) is 5.56. The van der Waals surface area contributed by atoms with Gasteiger partial charge in [-0.15, -0.1) is 11.3 Å². The van der Waals surface area contributed by atoms with Crippen molar-refractivity contribution in [1.82, 2.24) is 4.98 Å². The van der Waals surface area contributed by atoms with Crippen LogP contribution in [-0.2, 0) is 6.61 Å². The summed E-state index contributed by atoms with van der Waals surface area (Å²) >= 11 is 1.55. The first kappa shape index (κ1) is 16.2. The van der Waals surface area contributed by atoms with E-state index in [1.165, 1.54) is 23.3 Å². The Morgan fingerprint density at radius 1 is 1.17 bits per heavy atom.